The number of oxime groups is 1. The second-order valence-corrected chi connectivity index (χ2v) is 5.26. The molecule has 0 aromatic heterocycles. The maximum absolute atomic E-state index is 12.1. The third-order valence-corrected chi connectivity index (χ3v) is 2.80. The third kappa shape index (κ3) is 3.88. The molecule has 0 saturated carbocycles. The van der Waals surface area contributed by atoms with E-state index in [1.807, 2.05) is 13.8 Å². The van der Waals surface area contributed by atoms with Crippen molar-refractivity contribution in [3.8, 4) is 5.75 Å². The van der Waals surface area contributed by atoms with Crippen LogP contribution < -0.4 is 15.8 Å². The number of nitrogens with zero attached hydrogens (tertiary/aromatic N) is 1. The number of hydrogen-bond donors (Lipinski definition) is 3. The minimum atomic E-state index is -1.10. The Balaban J connectivity index is 2.76. The standard InChI is InChI=1S/C14H21N3O3/c1-9(2)20-11-7-5-10(6-8-11)16-13(18)14(3,4)12(15)17-19/h5-9,19H,1-4H3,(H2,15,17)(H,16,18). The molecule has 1 aromatic rings. The Morgan fingerprint density at radius 2 is 1.90 bits per heavy atom. The maximum Gasteiger partial charge on any atom is 0.237 e. The van der Waals surface area contributed by atoms with Gasteiger partial charge in [-0.15, -0.1) is 0 Å². The van der Waals surface area contributed by atoms with Crippen LogP contribution >= 0.6 is 0 Å². The monoisotopic (exact) mass is 279 g/mol. The van der Waals surface area contributed by atoms with Crippen LogP contribution in [-0.4, -0.2) is 23.1 Å². The van der Waals surface area contributed by atoms with Gasteiger partial charge in [-0.05, 0) is 52.0 Å². The summed E-state index contributed by atoms with van der Waals surface area (Å²) in [6.45, 7) is 7.03. The second kappa shape index (κ2) is 6.27. The molecule has 20 heavy (non-hydrogen) atoms. The van der Waals surface area contributed by atoms with E-state index >= 15 is 0 Å². The van der Waals surface area contributed by atoms with E-state index in [0.717, 1.165) is 5.75 Å². The van der Waals surface area contributed by atoms with Crippen molar-refractivity contribution in [2.75, 3.05) is 5.32 Å². The van der Waals surface area contributed by atoms with Crippen molar-refractivity contribution in [1.82, 2.24) is 0 Å². The molecule has 110 valence electrons. The molecule has 6 heteroatoms. The molecule has 0 heterocycles. The fourth-order valence-corrected chi connectivity index (χ4v) is 1.42. The van der Waals surface area contributed by atoms with Crippen molar-refractivity contribution in [1.29, 1.82) is 0 Å². The summed E-state index contributed by atoms with van der Waals surface area (Å²) in [5.41, 5.74) is 5.02. The lowest BCUT2D eigenvalue weighted by Gasteiger charge is -2.21. The number of carbonyl (C=O) groups is 1. The number of carbonyl (C=O) groups excluding carboxylic acids is 1. The lowest BCUT2D eigenvalue weighted by Crippen LogP contribution is -2.42. The van der Waals surface area contributed by atoms with E-state index < -0.39 is 5.41 Å². The van der Waals surface area contributed by atoms with Crippen LogP contribution in [0, 0.1) is 5.41 Å². The highest BCUT2D eigenvalue weighted by Crippen LogP contribution is 2.21. The molecular formula is C14H21N3O3. The van der Waals surface area contributed by atoms with Gasteiger partial charge in [-0.25, -0.2) is 0 Å². The Kier molecular flexibility index (Phi) is 4.96. The first kappa shape index (κ1) is 15.8. The molecule has 4 N–H and O–H groups in total. The first-order valence-electron chi connectivity index (χ1n) is 6.33. The summed E-state index contributed by atoms with van der Waals surface area (Å²) in [4.78, 5) is 12.1. The van der Waals surface area contributed by atoms with E-state index in [-0.39, 0.29) is 17.8 Å². The third-order valence-electron chi connectivity index (χ3n) is 2.80. The highest BCUT2D eigenvalue weighted by atomic mass is 16.5. The molecule has 0 radical (unpaired) electrons. The molecule has 0 aliphatic rings. The number of amidine groups is 1. The Morgan fingerprint density at radius 1 is 1.35 bits per heavy atom. The van der Waals surface area contributed by atoms with Crippen molar-refractivity contribution >= 4 is 17.4 Å². The zero-order valence-electron chi connectivity index (χ0n) is 12.2. The topological polar surface area (TPSA) is 96.9 Å². The van der Waals surface area contributed by atoms with Crippen molar-refractivity contribution in [2.24, 2.45) is 16.3 Å². The summed E-state index contributed by atoms with van der Waals surface area (Å²) in [6, 6.07) is 7.01. The minimum absolute atomic E-state index is 0.0925. The molecule has 1 rings (SSSR count). The fourth-order valence-electron chi connectivity index (χ4n) is 1.42. The molecule has 0 saturated heterocycles. The molecule has 0 aliphatic carbocycles. The number of nitrogens with two attached hydrogens (primary N) is 1. The molecule has 0 atom stereocenters. The number of hydrogen-bond acceptors (Lipinski definition) is 4. The predicted molar refractivity (Wildman–Crippen MR) is 78.0 cm³/mol. The molecule has 0 fully saturated rings. The van der Waals surface area contributed by atoms with Gasteiger partial charge in [0.1, 0.15) is 11.2 Å². The van der Waals surface area contributed by atoms with Crippen molar-refractivity contribution < 1.29 is 14.7 Å². The van der Waals surface area contributed by atoms with Crippen LogP contribution in [0.4, 0.5) is 5.69 Å². The van der Waals surface area contributed by atoms with Gasteiger partial charge in [0.25, 0.3) is 0 Å². The van der Waals surface area contributed by atoms with Gasteiger partial charge in [-0.3, -0.25) is 4.79 Å². The van der Waals surface area contributed by atoms with Gasteiger partial charge in [0.2, 0.25) is 5.91 Å². The second-order valence-electron chi connectivity index (χ2n) is 5.26. The summed E-state index contributed by atoms with van der Waals surface area (Å²) < 4.78 is 5.51. The molecule has 0 unspecified atom stereocenters. The summed E-state index contributed by atoms with van der Waals surface area (Å²) >= 11 is 0. The molecule has 0 spiro atoms. The van der Waals surface area contributed by atoms with Crippen molar-refractivity contribution in [3.05, 3.63) is 24.3 Å². The van der Waals surface area contributed by atoms with E-state index in [9.17, 15) is 4.79 Å². The summed E-state index contributed by atoms with van der Waals surface area (Å²) in [6.07, 6.45) is 0.0925. The largest absolute Gasteiger partial charge is 0.491 e. The molecule has 6 nitrogen and oxygen atoms in total. The summed E-state index contributed by atoms with van der Waals surface area (Å²) in [7, 11) is 0. The predicted octanol–water partition coefficient (Wildman–Crippen LogP) is 2.18. The number of benzene rings is 1. The van der Waals surface area contributed by atoms with Gasteiger partial charge < -0.3 is 21.0 Å². The van der Waals surface area contributed by atoms with E-state index in [2.05, 4.69) is 10.5 Å². The lowest BCUT2D eigenvalue weighted by atomic mass is 9.91. The minimum Gasteiger partial charge on any atom is -0.491 e. The van der Waals surface area contributed by atoms with E-state index in [1.54, 1.807) is 38.1 Å². The Labute approximate surface area is 118 Å². The highest BCUT2D eigenvalue weighted by Gasteiger charge is 2.32. The average molecular weight is 279 g/mol. The van der Waals surface area contributed by atoms with Crippen LogP contribution in [0.3, 0.4) is 0 Å². The SMILES string of the molecule is CC(C)Oc1ccc(NC(=O)C(C)(C)C(N)=NO)cc1. The first-order chi connectivity index (χ1) is 9.27. The van der Waals surface area contributed by atoms with E-state index in [4.69, 9.17) is 15.7 Å². The Morgan fingerprint density at radius 3 is 2.35 bits per heavy atom. The maximum atomic E-state index is 12.1. The van der Waals surface area contributed by atoms with Gasteiger partial charge in [0.05, 0.1) is 6.10 Å². The van der Waals surface area contributed by atoms with Crippen LogP contribution in [0.5, 0.6) is 5.75 Å². The van der Waals surface area contributed by atoms with Crippen molar-refractivity contribution in [2.45, 2.75) is 33.8 Å². The number of amides is 1. The Bertz CT molecular complexity index is 493. The fraction of sp³-hybridized carbons (Fsp3) is 0.429. The van der Waals surface area contributed by atoms with Crippen LogP contribution in [0.25, 0.3) is 0 Å². The van der Waals surface area contributed by atoms with E-state index in [0.29, 0.717) is 5.69 Å². The van der Waals surface area contributed by atoms with Crippen LogP contribution in [-0.2, 0) is 4.79 Å². The van der Waals surface area contributed by atoms with Gasteiger partial charge in [-0.1, -0.05) is 5.16 Å². The van der Waals surface area contributed by atoms with Gasteiger partial charge in [0, 0.05) is 5.69 Å². The number of rotatable bonds is 5. The number of nitrogens with one attached hydrogen (secondary N) is 1. The molecule has 1 aromatic carbocycles. The van der Waals surface area contributed by atoms with Gasteiger partial charge in [0.15, 0.2) is 5.84 Å². The Hall–Kier alpha value is -2.24. The molecule has 0 aliphatic heterocycles. The smallest absolute Gasteiger partial charge is 0.237 e. The summed E-state index contributed by atoms with van der Waals surface area (Å²) in [5, 5.41) is 14.3. The van der Waals surface area contributed by atoms with E-state index in [1.165, 1.54) is 0 Å². The zero-order chi connectivity index (χ0) is 15.3. The number of ether oxygens (including phenoxy) is 1. The molecule has 0 bridgehead atoms. The van der Waals surface area contributed by atoms with Gasteiger partial charge >= 0.3 is 0 Å². The first-order valence-corrected chi connectivity index (χ1v) is 6.33. The molecular weight excluding hydrogens is 258 g/mol. The highest BCUT2D eigenvalue weighted by molar-refractivity contribution is 6.11. The van der Waals surface area contributed by atoms with Crippen LogP contribution in [0.2, 0.25) is 0 Å². The van der Waals surface area contributed by atoms with Crippen molar-refractivity contribution in [3.63, 3.8) is 0 Å². The van der Waals surface area contributed by atoms with Crippen LogP contribution in [0.15, 0.2) is 29.4 Å². The van der Waals surface area contributed by atoms with Gasteiger partial charge in [-0.2, -0.15) is 0 Å². The quantitative estimate of drug-likeness (QED) is 0.333. The molecule has 1 amide bonds. The summed E-state index contributed by atoms with van der Waals surface area (Å²) in [5.74, 6) is 0.230. The normalized spacial score (nSPS) is 12.3. The number of anilines is 1. The lowest BCUT2D eigenvalue weighted by molar-refractivity contribution is -0.121. The average Bonchev–Trinajstić information content (AvgIpc) is 2.39. The zero-order valence-corrected chi connectivity index (χ0v) is 12.2. The van der Waals surface area contributed by atoms with Crippen LogP contribution in [0.1, 0.15) is 27.7 Å².